The highest BCUT2D eigenvalue weighted by Gasteiger charge is 2.04. The molecule has 0 fully saturated rings. The van der Waals surface area contributed by atoms with Crippen LogP contribution in [-0.2, 0) is 17.8 Å². The maximum Gasteiger partial charge on any atom is 0.211 e. The van der Waals surface area contributed by atoms with Gasteiger partial charge in [0.15, 0.2) is 0 Å². The second-order valence-corrected chi connectivity index (χ2v) is 4.22. The first-order valence-corrected chi connectivity index (χ1v) is 6.33. The van der Waals surface area contributed by atoms with Gasteiger partial charge in [-0.2, -0.15) is 0 Å². The number of carbonyl (C=O) groups is 1. The van der Waals surface area contributed by atoms with Crippen LogP contribution in [-0.4, -0.2) is 6.41 Å². The Bertz CT molecular complexity index is 538. The predicted molar refractivity (Wildman–Crippen MR) is 76.3 cm³/mol. The zero-order valence-corrected chi connectivity index (χ0v) is 10.9. The summed E-state index contributed by atoms with van der Waals surface area (Å²) in [6.07, 6.45) is 1.59. The summed E-state index contributed by atoms with van der Waals surface area (Å²) in [7, 11) is 0. The number of amides is 1. The predicted octanol–water partition coefficient (Wildman–Crippen LogP) is 3.40. The van der Waals surface area contributed by atoms with Gasteiger partial charge in [-0.3, -0.25) is 4.79 Å². The number of rotatable bonds is 6. The van der Waals surface area contributed by atoms with Crippen LogP contribution in [0.1, 0.15) is 18.1 Å². The second-order valence-electron chi connectivity index (χ2n) is 4.22. The number of hydrogen-bond donors (Lipinski definition) is 1. The number of ether oxygens (including phenoxy) is 1. The summed E-state index contributed by atoms with van der Waals surface area (Å²) in [4.78, 5) is 10.6. The number of hydrogen-bond acceptors (Lipinski definition) is 2. The molecule has 3 nitrogen and oxygen atoms in total. The van der Waals surface area contributed by atoms with Gasteiger partial charge in [0, 0.05) is 0 Å². The third-order valence-corrected chi connectivity index (χ3v) is 2.90. The average molecular weight is 255 g/mol. The summed E-state index contributed by atoms with van der Waals surface area (Å²) >= 11 is 0. The summed E-state index contributed by atoms with van der Waals surface area (Å²) in [5, 5.41) is 2.68. The summed E-state index contributed by atoms with van der Waals surface area (Å²) in [6, 6.07) is 15.8. The van der Waals surface area contributed by atoms with Gasteiger partial charge < -0.3 is 10.1 Å². The van der Waals surface area contributed by atoms with Crippen molar-refractivity contribution in [3.8, 4) is 5.75 Å². The van der Waals surface area contributed by atoms with E-state index in [1.54, 1.807) is 0 Å². The van der Waals surface area contributed by atoms with E-state index in [1.807, 2.05) is 48.5 Å². The van der Waals surface area contributed by atoms with Crippen LogP contribution in [0, 0.1) is 0 Å². The quantitative estimate of drug-likeness (QED) is 0.803. The van der Waals surface area contributed by atoms with E-state index in [0.717, 1.165) is 17.5 Å². The van der Waals surface area contributed by atoms with E-state index in [0.29, 0.717) is 24.5 Å². The van der Waals surface area contributed by atoms with Crippen molar-refractivity contribution in [1.82, 2.24) is 0 Å². The maximum absolute atomic E-state index is 10.6. The van der Waals surface area contributed by atoms with Crippen LogP contribution in [0.3, 0.4) is 0 Å². The van der Waals surface area contributed by atoms with Gasteiger partial charge in [0.25, 0.3) is 0 Å². The average Bonchev–Trinajstić information content (AvgIpc) is 2.47. The molecule has 0 aromatic heterocycles. The molecular formula is C16H17NO2. The van der Waals surface area contributed by atoms with Gasteiger partial charge in [-0.1, -0.05) is 43.3 Å². The normalized spacial score (nSPS) is 9.95. The van der Waals surface area contributed by atoms with Gasteiger partial charge in [0.2, 0.25) is 6.41 Å². The van der Waals surface area contributed by atoms with E-state index in [4.69, 9.17) is 4.74 Å². The molecule has 2 aromatic rings. The third-order valence-electron chi connectivity index (χ3n) is 2.90. The summed E-state index contributed by atoms with van der Waals surface area (Å²) in [5.41, 5.74) is 2.97. The third kappa shape index (κ3) is 3.58. The van der Waals surface area contributed by atoms with Crippen molar-refractivity contribution in [3.05, 3.63) is 59.7 Å². The molecule has 0 bridgehead atoms. The highest BCUT2D eigenvalue weighted by Crippen LogP contribution is 2.26. The van der Waals surface area contributed by atoms with Gasteiger partial charge in [-0.15, -0.1) is 0 Å². The summed E-state index contributed by atoms with van der Waals surface area (Å²) in [5.74, 6) is 0.688. The van der Waals surface area contributed by atoms with Crippen LogP contribution in [0.25, 0.3) is 0 Å². The fraction of sp³-hybridized carbons (Fsp3) is 0.188. The molecule has 19 heavy (non-hydrogen) atoms. The Balaban J connectivity index is 2.12. The van der Waals surface area contributed by atoms with Gasteiger partial charge >= 0.3 is 0 Å². The molecule has 0 unspecified atom stereocenters. The zero-order valence-electron chi connectivity index (χ0n) is 10.9. The van der Waals surface area contributed by atoms with Crippen LogP contribution in [0.5, 0.6) is 5.75 Å². The minimum Gasteiger partial charge on any atom is -0.487 e. The Labute approximate surface area is 113 Å². The molecule has 0 spiro atoms. The number of anilines is 1. The Hall–Kier alpha value is -2.29. The fourth-order valence-corrected chi connectivity index (χ4v) is 1.83. The maximum atomic E-state index is 10.6. The first-order chi connectivity index (χ1) is 9.33. The largest absolute Gasteiger partial charge is 0.487 e. The molecule has 0 radical (unpaired) electrons. The molecule has 0 saturated carbocycles. The van der Waals surface area contributed by atoms with Crippen LogP contribution < -0.4 is 10.1 Å². The number of benzene rings is 2. The molecule has 3 heteroatoms. The van der Waals surface area contributed by atoms with Gasteiger partial charge in [-0.05, 0) is 29.7 Å². The molecule has 0 aliphatic carbocycles. The molecule has 2 rings (SSSR count). The molecule has 98 valence electrons. The van der Waals surface area contributed by atoms with Crippen molar-refractivity contribution in [3.63, 3.8) is 0 Å². The minimum absolute atomic E-state index is 0.486. The lowest BCUT2D eigenvalue weighted by Crippen LogP contribution is -2.01. The van der Waals surface area contributed by atoms with E-state index in [-0.39, 0.29) is 0 Å². The van der Waals surface area contributed by atoms with Crippen LogP contribution in [0.4, 0.5) is 5.69 Å². The number of aryl methyl sites for hydroxylation is 1. The van der Waals surface area contributed by atoms with Crippen LogP contribution >= 0.6 is 0 Å². The monoisotopic (exact) mass is 255 g/mol. The Morgan fingerprint density at radius 2 is 1.89 bits per heavy atom. The molecular weight excluding hydrogens is 238 g/mol. The summed E-state index contributed by atoms with van der Waals surface area (Å²) < 4.78 is 5.75. The van der Waals surface area contributed by atoms with Crippen LogP contribution in [0.2, 0.25) is 0 Å². The Morgan fingerprint density at radius 3 is 2.58 bits per heavy atom. The first-order valence-electron chi connectivity index (χ1n) is 6.33. The van der Waals surface area contributed by atoms with E-state index in [1.165, 1.54) is 0 Å². The van der Waals surface area contributed by atoms with E-state index in [2.05, 4.69) is 12.2 Å². The van der Waals surface area contributed by atoms with Crippen molar-refractivity contribution in [1.29, 1.82) is 0 Å². The summed E-state index contributed by atoms with van der Waals surface area (Å²) in [6.45, 7) is 2.56. The van der Waals surface area contributed by atoms with E-state index < -0.39 is 0 Å². The smallest absolute Gasteiger partial charge is 0.211 e. The highest BCUT2D eigenvalue weighted by molar-refractivity contribution is 5.75. The SMILES string of the molecule is CCc1ccc(OCc2ccccc2)c(NC=O)c1. The second kappa shape index (κ2) is 6.59. The van der Waals surface area contributed by atoms with Crippen molar-refractivity contribution in [2.24, 2.45) is 0 Å². The lowest BCUT2D eigenvalue weighted by Gasteiger charge is -2.12. The highest BCUT2D eigenvalue weighted by atomic mass is 16.5. The Morgan fingerprint density at radius 1 is 1.11 bits per heavy atom. The first kappa shape index (κ1) is 13.1. The molecule has 2 aromatic carbocycles. The van der Waals surface area contributed by atoms with Crippen molar-refractivity contribution >= 4 is 12.1 Å². The number of carbonyl (C=O) groups excluding carboxylic acids is 1. The molecule has 0 aliphatic rings. The van der Waals surface area contributed by atoms with Crippen molar-refractivity contribution < 1.29 is 9.53 Å². The molecule has 1 amide bonds. The molecule has 0 saturated heterocycles. The Kier molecular flexibility index (Phi) is 4.56. The van der Waals surface area contributed by atoms with Crippen molar-refractivity contribution in [2.45, 2.75) is 20.0 Å². The molecule has 1 N–H and O–H groups in total. The molecule has 0 atom stereocenters. The minimum atomic E-state index is 0.486. The van der Waals surface area contributed by atoms with E-state index in [9.17, 15) is 4.79 Å². The van der Waals surface area contributed by atoms with Gasteiger partial charge in [0.1, 0.15) is 12.4 Å². The zero-order chi connectivity index (χ0) is 13.5. The standard InChI is InChI=1S/C16H17NO2/c1-2-13-8-9-16(15(10-13)17-12-18)19-11-14-6-4-3-5-7-14/h3-10,12H,2,11H2,1H3,(H,17,18). The number of nitrogens with one attached hydrogen (secondary N) is 1. The molecule has 0 heterocycles. The van der Waals surface area contributed by atoms with Gasteiger partial charge in [0.05, 0.1) is 5.69 Å². The van der Waals surface area contributed by atoms with Crippen LogP contribution in [0.15, 0.2) is 48.5 Å². The van der Waals surface area contributed by atoms with E-state index >= 15 is 0 Å². The van der Waals surface area contributed by atoms with Gasteiger partial charge in [-0.25, -0.2) is 0 Å². The van der Waals surface area contributed by atoms with Crippen molar-refractivity contribution in [2.75, 3.05) is 5.32 Å². The lowest BCUT2D eigenvalue weighted by molar-refractivity contribution is -0.105. The lowest BCUT2D eigenvalue weighted by atomic mass is 10.1. The topological polar surface area (TPSA) is 38.3 Å². The molecule has 0 aliphatic heterocycles. The fourth-order valence-electron chi connectivity index (χ4n) is 1.83.